The molecule has 0 aliphatic carbocycles. The van der Waals surface area contributed by atoms with E-state index >= 15 is 0 Å². The molecule has 0 saturated carbocycles. The van der Waals surface area contributed by atoms with Crippen LogP contribution in [0.1, 0.15) is 35.7 Å². The van der Waals surface area contributed by atoms with E-state index in [0.717, 1.165) is 56.1 Å². The Morgan fingerprint density at radius 1 is 1.23 bits per heavy atom. The molecule has 1 unspecified atom stereocenters. The van der Waals surface area contributed by atoms with Crippen LogP contribution in [-0.2, 0) is 6.42 Å². The molecule has 6 nitrogen and oxygen atoms in total. The second-order valence-corrected chi connectivity index (χ2v) is 7.70. The molecular weight excluding hydrogens is 393 g/mol. The van der Waals surface area contributed by atoms with Gasteiger partial charge in [-0.3, -0.25) is 9.79 Å². The second-order valence-electron chi connectivity index (χ2n) is 7.70. The number of halogens is 1. The van der Waals surface area contributed by atoms with E-state index in [4.69, 9.17) is 4.99 Å². The van der Waals surface area contributed by atoms with Crippen molar-refractivity contribution in [2.45, 2.75) is 32.2 Å². The lowest BCUT2D eigenvalue weighted by Gasteiger charge is -2.35. The Morgan fingerprint density at radius 2 is 2.06 bits per heavy atom. The molecule has 1 amide bonds. The summed E-state index contributed by atoms with van der Waals surface area (Å²) in [6.45, 7) is 5.17. The number of amides is 1. The summed E-state index contributed by atoms with van der Waals surface area (Å²) in [6.07, 6.45) is 2.84. The molecule has 7 heteroatoms. The van der Waals surface area contributed by atoms with Gasteiger partial charge in [-0.05, 0) is 62.1 Å². The molecule has 3 N–H and O–H groups in total. The van der Waals surface area contributed by atoms with Crippen LogP contribution in [0, 0.1) is 5.82 Å². The van der Waals surface area contributed by atoms with Gasteiger partial charge in [0.2, 0.25) is 0 Å². The van der Waals surface area contributed by atoms with E-state index in [0.29, 0.717) is 12.1 Å². The van der Waals surface area contributed by atoms with Gasteiger partial charge in [0.25, 0.3) is 5.91 Å². The number of hydrogen-bond donors (Lipinski definition) is 3. The van der Waals surface area contributed by atoms with Crippen LogP contribution in [0.4, 0.5) is 10.1 Å². The van der Waals surface area contributed by atoms with Crippen molar-refractivity contribution in [1.29, 1.82) is 0 Å². The van der Waals surface area contributed by atoms with E-state index in [9.17, 15) is 9.18 Å². The fraction of sp³-hybridized carbons (Fsp3) is 0.417. The van der Waals surface area contributed by atoms with Gasteiger partial charge in [0.1, 0.15) is 5.82 Å². The molecular formula is C24H32FN5O. The maximum Gasteiger partial charge on any atom is 0.251 e. The molecule has 0 radical (unpaired) electrons. The van der Waals surface area contributed by atoms with Gasteiger partial charge in [-0.2, -0.15) is 0 Å². The van der Waals surface area contributed by atoms with E-state index in [1.54, 1.807) is 19.2 Å². The summed E-state index contributed by atoms with van der Waals surface area (Å²) in [5.74, 6) is 0.500. The van der Waals surface area contributed by atoms with Crippen LogP contribution in [0.3, 0.4) is 0 Å². The molecule has 2 aromatic carbocycles. The third-order valence-electron chi connectivity index (χ3n) is 5.37. The zero-order valence-electron chi connectivity index (χ0n) is 18.3. The molecule has 0 bridgehead atoms. The first-order valence-corrected chi connectivity index (χ1v) is 11.0. The highest BCUT2D eigenvalue weighted by atomic mass is 19.1. The first kappa shape index (κ1) is 22.6. The Hall–Kier alpha value is -3.09. The molecule has 0 aromatic heterocycles. The standard InChI is InChI=1S/C24H32FN5O/c1-3-27-24(28-13-12-18-7-4-8-19(15-18)23(31)26-2)29-21-10-6-14-30(17-21)22-11-5-9-20(25)16-22/h4-5,7-9,11,15-16,21H,3,6,10,12-14,17H2,1-2H3,(H,26,31)(H2,27,28,29). The fourth-order valence-electron chi connectivity index (χ4n) is 3.82. The van der Waals surface area contributed by atoms with Gasteiger partial charge in [-0.15, -0.1) is 0 Å². The summed E-state index contributed by atoms with van der Waals surface area (Å²) in [6, 6.07) is 14.7. The molecule has 1 heterocycles. The number of carbonyl (C=O) groups excluding carboxylic acids is 1. The molecule has 1 aliphatic rings. The number of aliphatic imine (C=N–C) groups is 1. The van der Waals surface area contributed by atoms with Crippen LogP contribution >= 0.6 is 0 Å². The number of carbonyl (C=O) groups is 1. The highest BCUT2D eigenvalue weighted by Crippen LogP contribution is 2.20. The summed E-state index contributed by atoms with van der Waals surface area (Å²) in [7, 11) is 1.63. The average molecular weight is 426 g/mol. The minimum Gasteiger partial charge on any atom is -0.369 e. The van der Waals surface area contributed by atoms with E-state index in [1.807, 2.05) is 37.3 Å². The third kappa shape index (κ3) is 6.70. The third-order valence-corrected chi connectivity index (χ3v) is 5.37. The minimum absolute atomic E-state index is 0.0829. The van der Waals surface area contributed by atoms with Crippen LogP contribution in [0.15, 0.2) is 53.5 Å². The van der Waals surface area contributed by atoms with Crippen LogP contribution in [0.25, 0.3) is 0 Å². The summed E-state index contributed by atoms with van der Waals surface area (Å²) in [4.78, 5) is 18.8. The summed E-state index contributed by atoms with van der Waals surface area (Å²) < 4.78 is 13.6. The highest BCUT2D eigenvalue weighted by Gasteiger charge is 2.21. The SMILES string of the molecule is CCNC(=NCCc1cccc(C(=O)NC)c1)NC1CCCN(c2cccc(F)c2)C1. The zero-order valence-corrected chi connectivity index (χ0v) is 18.3. The van der Waals surface area contributed by atoms with Crippen molar-refractivity contribution in [1.82, 2.24) is 16.0 Å². The number of nitrogens with zero attached hydrogens (tertiary/aromatic N) is 2. The molecule has 1 atom stereocenters. The molecule has 3 rings (SSSR count). The lowest BCUT2D eigenvalue weighted by atomic mass is 10.0. The smallest absolute Gasteiger partial charge is 0.251 e. The number of guanidine groups is 1. The lowest BCUT2D eigenvalue weighted by Crippen LogP contribution is -2.51. The van der Waals surface area contributed by atoms with Crippen molar-refractivity contribution < 1.29 is 9.18 Å². The highest BCUT2D eigenvalue weighted by molar-refractivity contribution is 5.94. The van der Waals surface area contributed by atoms with E-state index in [-0.39, 0.29) is 17.8 Å². The fourth-order valence-corrected chi connectivity index (χ4v) is 3.82. The molecule has 1 fully saturated rings. The van der Waals surface area contributed by atoms with Gasteiger partial charge in [-0.1, -0.05) is 18.2 Å². The molecule has 31 heavy (non-hydrogen) atoms. The van der Waals surface area contributed by atoms with Crippen molar-refractivity contribution in [3.05, 3.63) is 65.5 Å². The van der Waals surface area contributed by atoms with Crippen molar-refractivity contribution in [2.24, 2.45) is 4.99 Å². The molecule has 1 aliphatic heterocycles. The Balaban J connectivity index is 1.58. The largest absolute Gasteiger partial charge is 0.369 e. The van der Waals surface area contributed by atoms with Crippen LogP contribution in [0.5, 0.6) is 0 Å². The van der Waals surface area contributed by atoms with E-state index < -0.39 is 0 Å². The normalized spacial score (nSPS) is 16.7. The number of nitrogens with one attached hydrogen (secondary N) is 3. The maximum atomic E-state index is 13.6. The first-order valence-electron chi connectivity index (χ1n) is 11.0. The minimum atomic E-state index is -0.206. The Morgan fingerprint density at radius 3 is 2.84 bits per heavy atom. The summed E-state index contributed by atoms with van der Waals surface area (Å²) in [5, 5.41) is 9.50. The number of anilines is 1. The lowest BCUT2D eigenvalue weighted by molar-refractivity contribution is 0.0963. The van der Waals surface area contributed by atoms with E-state index in [1.165, 1.54) is 6.07 Å². The number of rotatable bonds is 7. The van der Waals surface area contributed by atoms with Crippen LogP contribution < -0.4 is 20.9 Å². The van der Waals surface area contributed by atoms with Gasteiger partial charge in [0.15, 0.2) is 5.96 Å². The second kappa shape index (κ2) is 11.3. The molecule has 2 aromatic rings. The van der Waals surface area contributed by atoms with Gasteiger partial charge in [0.05, 0.1) is 0 Å². The molecule has 0 spiro atoms. The first-order chi connectivity index (χ1) is 15.1. The zero-order chi connectivity index (χ0) is 22.1. The van der Waals surface area contributed by atoms with Gasteiger partial charge in [-0.25, -0.2) is 4.39 Å². The van der Waals surface area contributed by atoms with Crippen LogP contribution in [0.2, 0.25) is 0 Å². The Bertz CT molecular complexity index is 901. The Kier molecular flexibility index (Phi) is 8.27. The predicted molar refractivity (Wildman–Crippen MR) is 124 cm³/mol. The molecule has 1 saturated heterocycles. The summed E-state index contributed by atoms with van der Waals surface area (Å²) in [5.41, 5.74) is 2.66. The number of hydrogen-bond acceptors (Lipinski definition) is 3. The predicted octanol–water partition coefficient (Wildman–Crippen LogP) is 2.95. The average Bonchev–Trinajstić information content (AvgIpc) is 2.79. The van der Waals surface area contributed by atoms with Crippen molar-refractivity contribution in [3.63, 3.8) is 0 Å². The number of piperidine rings is 1. The topological polar surface area (TPSA) is 68.8 Å². The Labute approximate surface area is 183 Å². The van der Waals surface area contributed by atoms with Gasteiger partial charge in [0, 0.05) is 50.5 Å². The van der Waals surface area contributed by atoms with Crippen molar-refractivity contribution in [3.8, 4) is 0 Å². The van der Waals surface area contributed by atoms with Gasteiger partial charge >= 0.3 is 0 Å². The van der Waals surface area contributed by atoms with E-state index in [2.05, 4.69) is 20.9 Å². The van der Waals surface area contributed by atoms with Gasteiger partial charge < -0.3 is 20.9 Å². The quantitative estimate of drug-likeness (QED) is 0.471. The summed E-state index contributed by atoms with van der Waals surface area (Å²) >= 11 is 0. The maximum absolute atomic E-state index is 13.6. The van der Waals surface area contributed by atoms with Crippen molar-refractivity contribution >= 4 is 17.6 Å². The monoisotopic (exact) mass is 425 g/mol. The van der Waals surface area contributed by atoms with Crippen LogP contribution in [-0.4, -0.2) is 51.1 Å². The molecule has 166 valence electrons. The van der Waals surface area contributed by atoms with Crippen molar-refractivity contribution in [2.75, 3.05) is 38.1 Å². The number of benzene rings is 2.